The first-order valence-electron chi connectivity index (χ1n) is 4.70. The first-order valence-corrected chi connectivity index (χ1v) is 5.14. The zero-order valence-corrected chi connectivity index (χ0v) is 8.04. The van der Waals surface area contributed by atoms with Crippen molar-refractivity contribution in [1.82, 2.24) is 0 Å². The molecule has 0 aromatic heterocycles. The molecule has 0 spiro atoms. The van der Waals surface area contributed by atoms with E-state index in [1.54, 1.807) is 0 Å². The standard InChI is InChI=1S/C9H13ClO3/c10-8(13-9(11)12)7-4-5-1-2-6(7)3-5/h5-8H,1-4H2,(H,11,12). The van der Waals surface area contributed by atoms with Crippen LogP contribution in [0.25, 0.3) is 0 Å². The molecule has 0 aromatic rings. The topological polar surface area (TPSA) is 46.5 Å². The molecule has 2 rings (SSSR count). The highest BCUT2D eigenvalue weighted by Gasteiger charge is 2.43. The molecule has 2 aliphatic carbocycles. The number of hydrogen-bond acceptors (Lipinski definition) is 2. The zero-order chi connectivity index (χ0) is 9.42. The van der Waals surface area contributed by atoms with Gasteiger partial charge in [0.05, 0.1) is 0 Å². The molecule has 0 aliphatic heterocycles. The summed E-state index contributed by atoms with van der Waals surface area (Å²) in [7, 11) is 0. The Kier molecular flexibility index (Phi) is 2.37. The number of carbonyl (C=O) groups is 1. The molecule has 0 saturated heterocycles. The summed E-state index contributed by atoms with van der Waals surface area (Å²) >= 11 is 5.87. The van der Waals surface area contributed by atoms with E-state index in [0.29, 0.717) is 5.92 Å². The number of alkyl halides is 1. The number of carboxylic acid groups (broad SMARTS) is 1. The molecule has 4 heteroatoms. The molecule has 2 bridgehead atoms. The van der Waals surface area contributed by atoms with Crippen LogP contribution in [0.2, 0.25) is 0 Å². The predicted molar refractivity (Wildman–Crippen MR) is 47.7 cm³/mol. The van der Waals surface area contributed by atoms with Gasteiger partial charge in [0.1, 0.15) is 0 Å². The normalized spacial score (nSPS) is 39.0. The van der Waals surface area contributed by atoms with Crippen molar-refractivity contribution in [3.05, 3.63) is 0 Å². The number of fused-ring (bicyclic) bond motifs is 2. The molecular formula is C9H13ClO3. The molecular weight excluding hydrogens is 192 g/mol. The molecule has 0 radical (unpaired) electrons. The van der Waals surface area contributed by atoms with Gasteiger partial charge in [-0.2, -0.15) is 0 Å². The fourth-order valence-electron chi connectivity index (χ4n) is 2.80. The van der Waals surface area contributed by atoms with Crippen LogP contribution in [0.1, 0.15) is 25.7 Å². The predicted octanol–water partition coefficient (Wildman–Crippen LogP) is 2.68. The summed E-state index contributed by atoms with van der Waals surface area (Å²) in [5.41, 5.74) is -0.632. The van der Waals surface area contributed by atoms with Crippen LogP contribution in [0.3, 0.4) is 0 Å². The summed E-state index contributed by atoms with van der Waals surface area (Å²) in [6, 6.07) is 0. The highest BCUT2D eigenvalue weighted by Crippen LogP contribution is 2.50. The Morgan fingerprint density at radius 2 is 2.23 bits per heavy atom. The summed E-state index contributed by atoms with van der Waals surface area (Å²) < 4.78 is 4.57. The second-order valence-electron chi connectivity index (χ2n) is 4.07. The van der Waals surface area contributed by atoms with Gasteiger partial charge in [-0.05, 0) is 31.1 Å². The largest absolute Gasteiger partial charge is 0.507 e. The first-order chi connectivity index (χ1) is 6.16. The Balaban J connectivity index is 1.91. The van der Waals surface area contributed by atoms with Crippen LogP contribution in [-0.4, -0.2) is 16.8 Å². The monoisotopic (exact) mass is 204 g/mol. The highest BCUT2D eigenvalue weighted by atomic mass is 35.5. The van der Waals surface area contributed by atoms with E-state index in [-0.39, 0.29) is 5.92 Å². The van der Waals surface area contributed by atoms with Crippen molar-refractivity contribution >= 4 is 17.8 Å². The van der Waals surface area contributed by atoms with Gasteiger partial charge in [0.2, 0.25) is 0 Å². The molecule has 3 nitrogen and oxygen atoms in total. The van der Waals surface area contributed by atoms with Crippen molar-refractivity contribution in [2.24, 2.45) is 17.8 Å². The molecule has 0 heterocycles. The number of halogens is 1. The van der Waals surface area contributed by atoms with Gasteiger partial charge >= 0.3 is 6.16 Å². The lowest BCUT2D eigenvalue weighted by atomic mass is 9.89. The van der Waals surface area contributed by atoms with E-state index in [2.05, 4.69) is 4.74 Å². The van der Waals surface area contributed by atoms with Crippen molar-refractivity contribution in [2.45, 2.75) is 31.2 Å². The number of rotatable bonds is 2. The number of ether oxygens (including phenoxy) is 1. The lowest BCUT2D eigenvalue weighted by molar-refractivity contribution is 0.0483. The highest BCUT2D eigenvalue weighted by molar-refractivity contribution is 6.20. The SMILES string of the molecule is O=C(O)OC(Cl)C1CC2CCC1C2. The van der Waals surface area contributed by atoms with Gasteiger partial charge in [0.15, 0.2) is 5.56 Å². The molecule has 2 aliphatic rings. The minimum atomic E-state index is -1.26. The summed E-state index contributed by atoms with van der Waals surface area (Å²) in [6.45, 7) is 0. The maximum absolute atomic E-state index is 10.3. The molecule has 0 aromatic carbocycles. The average Bonchev–Trinajstić information content (AvgIpc) is 2.62. The van der Waals surface area contributed by atoms with Gasteiger partial charge in [-0.1, -0.05) is 18.0 Å². The lowest BCUT2D eigenvalue weighted by Gasteiger charge is -2.24. The van der Waals surface area contributed by atoms with Crippen LogP contribution < -0.4 is 0 Å². The Morgan fingerprint density at radius 1 is 1.46 bits per heavy atom. The van der Waals surface area contributed by atoms with E-state index in [4.69, 9.17) is 16.7 Å². The van der Waals surface area contributed by atoms with Gasteiger partial charge in [-0.3, -0.25) is 0 Å². The third-order valence-electron chi connectivity index (χ3n) is 3.34. The first kappa shape index (κ1) is 9.13. The van der Waals surface area contributed by atoms with E-state index < -0.39 is 11.7 Å². The minimum Gasteiger partial charge on any atom is -0.450 e. The van der Waals surface area contributed by atoms with Crippen LogP contribution in [0.5, 0.6) is 0 Å². The molecule has 13 heavy (non-hydrogen) atoms. The second-order valence-corrected chi connectivity index (χ2v) is 4.50. The van der Waals surface area contributed by atoms with Crippen molar-refractivity contribution in [2.75, 3.05) is 0 Å². The van der Waals surface area contributed by atoms with Crippen LogP contribution >= 0.6 is 11.6 Å². The molecule has 2 saturated carbocycles. The lowest BCUT2D eigenvalue weighted by Crippen LogP contribution is -2.25. The van der Waals surface area contributed by atoms with E-state index in [9.17, 15) is 4.79 Å². The fraction of sp³-hybridized carbons (Fsp3) is 0.889. The van der Waals surface area contributed by atoms with Gasteiger partial charge in [-0.15, -0.1) is 0 Å². The van der Waals surface area contributed by atoms with Gasteiger partial charge in [0, 0.05) is 5.92 Å². The molecule has 74 valence electrons. The molecule has 4 atom stereocenters. The quantitative estimate of drug-likeness (QED) is 0.556. The van der Waals surface area contributed by atoms with Crippen molar-refractivity contribution in [3.63, 3.8) is 0 Å². The molecule has 2 fully saturated rings. The smallest absolute Gasteiger partial charge is 0.450 e. The van der Waals surface area contributed by atoms with E-state index in [1.807, 2.05) is 0 Å². The third kappa shape index (κ3) is 1.75. The summed E-state index contributed by atoms with van der Waals surface area (Å²) in [5.74, 6) is 1.64. The Bertz CT molecular complexity index is 219. The van der Waals surface area contributed by atoms with E-state index in [1.165, 1.54) is 19.3 Å². The molecule has 0 amide bonds. The number of hydrogen-bond donors (Lipinski definition) is 1. The summed E-state index contributed by atoms with van der Waals surface area (Å²) in [6.07, 6.45) is 3.49. The second kappa shape index (κ2) is 3.37. The Morgan fingerprint density at radius 3 is 2.69 bits per heavy atom. The third-order valence-corrected chi connectivity index (χ3v) is 3.76. The van der Waals surface area contributed by atoms with Gasteiger partial charge in [0.25, 0.3) is 0 Å². The summed E-state index contributed by atoms with van der Waals surface area (Å²) in [4.78, 5) is 10.3. The Labute approximate surface area is 82.0 Å². The molecule has 1 N–H and O–H groups in total. The van der Waals surface area contributed by atoms with Crippen LogP contribution in [0.4, 0.5) is 4.79 Å². The van der Waals surface area contributed by atoms with Crippen molar-refractivity contribution < 1.29 is 14.6 Å². The maximum atomic E-state index is 10.3. The molecule has 4 unspecified atom stereocenters. The van der Waals surface area contributed by atoms with Crippen LogP contribution in [0, 0.1) is 17.8 Å². The van der Waals surface area contributed by atoms with E-state index in [0.717, 1.165) is 12.3 Å². The average molecular weight is 205 g/mol. The van der Waals surface area contributed by atoms with Crippen LogP contribution in [0.15, 0.2) is 0 Å². The van der Waals surface area contributed by atoms with E-state index >= 15 is 0 Å². The Hall–Kier alpha value is -0.440. The summed E-state index contributed by atoms with van der Waals surface area (Å²) in [5, 5.41) is 8.41. The minimum absolute atomic E-state index is 0.261. The van der Waals surface area contributed by atoms with Gasteiger partial charge < -0.3 is 9.84 Å². The van der Waals surface area contributed by atoms with Crippen molar-refractivity contribution in [1.29, 1.82) is 0 Å². The van der Waals surface area contributed by atoms with Crippen LogP contribution in [-0.2, 0) is 4.74 Å². The fourth-order valence-corrected chi connectivity index (χ4v) is 3.18. The van der Waals surface area contributed by atoms with Crippen molar-refractivity contribution in [3.8, 4) is 0 Å². The zero-order valence-electron chi connectivity index (χ0n) is 7.28. The maximum Gasteiger partial charge on any atom is 0.507 e. The van der Waals surface area contributed by atoms with Gasteiger partial charge in [-0.25, -0.2) is 4.79 Å².